The van der Waals surface area contributed by atoms with E-state index in [4.69, 9.17) is 4.74 Å². The summed E-state index contributed by atoms with van der Waals surface area (Å²) in [5.74, 6) is 2.64. The van der Waals surface area contributed by atoms with Crippen LogP contribution in [0, 0.1) is 17.8 Å². The lowest BCUT2D eigenvalue weighted by molar-refractivity contribution is 0.0732. The Morgan fingerprint density at radius 2 is 2.06 bits per heavy atom. The van der Waals surface area contributed by atoms with Crippen molar-refractivity contribution >= 4 is 0 Å². The molecule has 2 heterocycles. The van der Waals surface area contributed by atoms with Crippen LogP contribution in [0.25, 0.3) is 0 Å². The first-order chi connectivity index (χ1) is 8.78. The molecule has 2 heteroatoms. The highest BCUT2D eigenvalue weighted by Gasteiger charge is 2.46. The van der Waals surface area contributed by atoms with Gasteiger partial charge in [-0.1, -0.05) is 26.7 Å². The molecule has 2 aliphatic heterocycles. The molecular formula is C16H29NO. The van der Waals surface area contributed by atoms with Gasteiger partial charge in [-0.15, -0.1) is 0 Å². The van der Waals surface area contributed by atoms with Crippen molar-refractivity contribution < 1.29 is 4.74 Å². The highest BCUT2D eigenvalue weighted by molar-refractivity contribution is 4.98. The third-order valence-electron chi connectivity index (χ3n) is 5.54. The summed E-state index contributed by atoms with van der Waals surface area (Å²) >= 11 is 0. The van der Waals surface area contributed by atoms with E-state index >= 15 is 0 Å². The summed E-state index contributed by atoms with van der Waals surface area (Å²) in [6, 6.07) is 0.730. The Morgan fingerprint density at radius 1 is 1.17 bits per heavy atom. The Balaban J connectivity index is 1.67. The van der Waals surface area contributed by atoms with Crippen LogP contribution < -0.4 is 5.32 Å². The van der Waals surface area contributed by atoms with Crippen LogP contribution in [0.5, 0.6) is 0 Å². The minimum Gasteiger partial charge on any atom is -0.375 e. The van der Waals surface area contributed by atoms with Crippen LogP contribution in [0.15, 0.2) is 0 Å². The molecule has 6 atom stereocenters. The second-order valence-electron chi connectivity index (χ2n) is 6.89. The van der Waals surface area contributed by atoms with Crippen LogP contribution >= 0.6 is 0 Å². The van der Waals surface area contributed by atoms with E-state index < -0.39 is 0 Å². The summed E-state index contributed by atoms with van der Waals surface area (Å²) in [4.78, 5) is 0. The zero-order valence-electron chi connectivity index (χ0n) is 12.0. The Hall–Kier alpha value is -0.0800. The van der Waals surface area contributed by atoms with Crippen molar-refractivity contribution in [2.24, 2.45) is 17.8 Å². The normalized spacial score (nSPS) is 45.3. The lowest BCUT2D eigenvalue weighted by Crippen LogP contribution is -2.47. The average molecular weight is 251 g/mol. The van der Waals surface area contributed by atoms with E-state index in [1.165, 1.54) is 44.9 Å². The standard InChI is InChI=1S/C16H29NO/c1-3-17-16(12-6-4-5-11(2)9-12)14-10-13-7-8-15(14)18-13/h11-17H,3-10H2,1-2H3. The molecule has 1 saturated carbocycles. The van der Waals surface area contributed by atoms with Gasteiger partial charge in [0.1, 0.15) is 0 Å². The Bertz CT molecular complexity index is 280. The molecular weight excluding hydrogens is 222 g/mol. The second kappa shape index (κ2) is 5.50. The molecule has 2 bridgehead atoms. The lowest BCUT2D eigenvalue weighted by atomic mass is 9.71. The summed E-state index contributed by atoms with van der Waals surface area (Å²) in [7, 11) is 0. The van der Waals surface area contributed by atoms with Gasteiger partial charge in [0.05, 0.1) is 12.2 Å². The van der Waals surface area contributed by atoms with Gasteiger partial charge in [0.25, 0.3) is 0 Å². The highest BCUT2D eigenvalue weighted by Crippen LogP contribution is 2.44. The summed E-state index contributed by atoms with van der Waals surface area (Å²) in [5, 5.41) is 3.82. The summed E-state index contributed by atoms with van der Waals surface area (Å²) in [6.07, 6.45) is 10.9. The molecule has 18 heavy (non-hydrogen) atoms. The summed E-state index contributed by atoms with van der Waals surface area (Å²) < 4.78 is 6.09. The number of hydrogen-bond donors (Lipinski definition) is 1. The molecule has 0 radical (unpaired) electrons. The van der Waals surface area contributed by atoms with Gasteiger partial charge in [0.15, 0.2) is 0 Å². The predicted octanol–water partition coefficient (Wildman–Crippen LogP) is 3.36. The van der Waals surface area contributed by atoms with E-state index in [1.807, 2.05) is 0 Å². The van der Waals surface area contributed by atoms with Crippen molar-refractivity contribution in [1.82, 2.24) is 5.32 Å². The van der Waals surface area contributed by atoms with Gasteiger partial charge in [-0.2, -0.15) is 0 Å². The van der Waals surface area contributed by atoms with Crippen molar-refractivity contribution in [3.05, 3.63) is 0 Å². The molecule has 0 spiro atoms. The largest absolute Gasteiger partial charge is 0.375 e. The third kappa shape index (κ3) is 2.46. The number of rotatable bonds is 4. The molecule has 1 N–H and O–H groups in total. The first-order valence-corrected chi connectivity index (χ1v) is 8.16. The van der Waals surface area contributed by atoms with Gasteiger partial charge in [0, 0.05) is 12.0 Å². The van der Waals surface area contributed by atoms with E-state index in [9.17, 15) is 0 Å². The van der Waals surface area contributed by atoms with Crippen LogP contribution in [-0.4, -0.2) is 24.8 Å². The van der Waals surface area contributed by atoms with Gasteiger partial charge >= 0.3 is 0 Å². The smallest absolute Gasteiger partial charge is 0.0623 e. The van der Waals surface area contributed by atoms with Gasteiger partial charge in [-0.25, -0.2) is 0 Å². The predicted molar refractivity (Wildman–Crippen MR) is 74.6 cm³/mol. The maximum atomic E-state index is 6.09. The number of fused-ring (bicyclic) bond motifs is 2. The fraction of sp³-hybridized carbons (Fsp3) is 1.00. The van der Waals surface area contributed by atoms with E-state index in [0.717, 1.165) is 30.3 Å². The molecule has 0 aromatic heterocycles. The van der Waals surface area contributed by atoms with E-state index in [1.54, 1.807) is 0 Å². The molecule has 3 aliphatic rings. The molecule has 2 saturated heterocycles. The first-order valence-electron chi connectivity index (χ1n) is 8.16. The molecule has 6 unspecified atom stereocenters. The molecule has 1 aliphatic carbocycles. The summed E-state index contributed by atoms with van der Waals surface area (Å²) in [6.45, 7) is 5.81. The minimum absolute atomic E-state index is 0.580. The molecule has 0 amide bonds. The van der Waals surface area contributed by atoms with Gasteiger partial charge in [-0.05, 0) is 50.5 Å². The highest BCUT2D eigenvalue weighted by atomic mass is 16.5. The minimum atomic E-state index is 0.580. The maximum absolute atomic E-state index is 6.09. The van der Waals surface area contributed by atoms with Crippen molar-refractivity contribution in [1.29, 1.82) is 0 Å². The van der Waals surface area contributed by atoms with Crippen molar-refractivity contribution in [3.8, 4) is 0 Å². The van der Waals surface area contributed by atoms with Gasteiger partial charge in [-0.3, -0.25) is 0 Å². The molecule has 104 valence electrons. The topological polar surface area (TPSA) is 21.3 Å². The fourth-order valence-electron chi connectivity index (χ4n) is 4.77. The molecule has 0 aromatic carbocycles. The van der Waals surface area contributed by atoms with E-state index in [-0.39, 0.29) is 0 Å². The second-order valence-corrected chi connectivity index (χ2v) is 6.89. The first kappa shape index (κ1) is 12.9. The number of hydrogen-bond acceptors (Lipinski definition) is 2. The van der Waals surface area contributed by atoms with E-state index in [2.05, 4.69) is 19.2 Å². The fourth-order valence-corrected chi connectivity index (χ4v) is 4.77. The monoisotopic (exact) mass is 251 g/mol. The van der Waals surface area contributed by atoms with Crippen molar-refractivity contribution in [2.75, 3.05) is 6.54 Å². The van der Waals surface area contributed by atoms with Crippen LogP contribution in [0.4, 0.5) is 0 Å². The molecule has 2 nitrogen and oxygen atoms in total. The van der Waals surface area contributed by atoms with Gasteiger partial charge < -0.3 is 10.1 Å². The van der Waals surface area contributed by atoms with E-state index in [0.29, 0.717) is 12.2 Å². The van der Waals surface area contributed by atoms with Gasteiger partial charge in [0.2, 0.25) is 0 Å². The molecule has 3 fully saturated rings. The summed E-state index contributed by atoms with van der Waals surface area (Å²) in [5.41, 5.74) is 0. The zero-order chi connectivity index (χ0) is 12.5. The number of ether oxygens (including phenoxy) is 1. The Morgan fingerprint density at radius 3 is 2.67 bits per heavy atom. The van der Waals surface area contributed by atoms with Crippen LogP contribution in [0.2, 0.25) is 0 Å². The average Bonchev–Trinajstić information content (AvgIpc) is 2.98. The van der Waals surface area contributed by atoms with Crippen LogP contribution in [0.1, 0.15) is 58.8 Å². The molecule has 3 rings (SSSR count). The Labute approximate surface area is 112 Å². The zero-order valence-corrected chi connectivity index (χ0v) is 12.0. The van der Waals surface area contributed by atoms with Crippen LogP contribution in [0.3, 0.4) is 0 Å². The third-order valence-corrected chi connectivity index (χ3v) is 5.54. The quantitative estimate of drug-likeness (QED) is 0.827. The van der Waals surface area contributed by atoms with Crippen molar-refractivity contribution in [3.63, 3.8) is 0 Å². The number of nitrogens with one attached hydrogen (secondary N) is 1. The van der Waals surface area contributed by atoms with Crippen molar-refractivity contribution in [2.45, 2.75) is 77.0 Å². The van der Waals surface area contributed by atoms with Crippen LogP contribution in [-0.2, 0) is 4.74 Å². The Kier molecular flexibility index (Phi) is 3.95. The maximum Gasteiger partial charge on any atom is 0.0623 e. The molecule has 0 aromatic rings. The lowest BCUT2D eigenvalue weighted by Gasteiger charge is -2.39. The SMILES string of the molecule is CCNC(C1CCCC(C)C1)C1CC2CCC1O2.